The van der Waals surface area contributed by atoms with Gasteiger partial charge in [-0.25, -0.2) is 0 Å². The molecule has 0 saturated carbocycles. The Kier molecular flexibility index (Phi) is 4.99. The summed E-state index contributed by atoms with van der Waals surface area (Å²) in [6.45, 7) is 5.29. The Bertz CT molecular complexity index is 374. The van der Waals surface area contributed by atoms with E-state index in [-0.39, 0.29) is 0 Å². The first-order valence-electron chi connectivity index (χ1n) is 6.49. The maximum absolute atomic E-state index is 5.74. The third kappa shape index (κ3) is 3.45. The molecule has 0 spiro atoms. The molecule has 1 fully saturated rings. The molecule has 1 saturated heterocycles. The maximum Gasteiger partial charge on any atom is 0.123 e. The highest BCUT2D eigenvalue weighted by atomic mass is 16.5. The lowest BCUT2D eigenvalue weighted by atomic mass is 10.1. The van der Waals surface area contributed by atoms with Crippen LogP contribution in [0.15, 0.2) is 18.2 Å². The third-order valence-corrected chi connectivity index (χ3v) is 3.29. The molecule has 1 aliphatic heterocycles. The maximum atomic E-state index is 5.74. The van der Waals surface area contributed by atoms with Gasteiger partial charge in [0, 0.05) is 38.3 Å². The molecule has 0 bridgehead atoms. The van der Waals surface area contributed by atoms with Crippen molar-refractivity contribution >= 4 is 0 Å². The number of rotatable bonds is 4. The van der Waals surface area contributed by atoms with Crippen LogP contribution in [0.2, 0.25) is 0 Å². The zero-order valence-corrected chi connectivity index (χ0v) is 11.0. The van der Waals surface area contributed by atoms with Crippen LogP contribution in [0.25, 0.3) is 0 Å². The van der Waals surface area contributed by atoms with E-state index in [2.05, 4.69) is 17.0 Å². The largest absolute Gasteiger partial charge is 0.496 e. The third-order valence-electron chi connectivity index (χ3n) is 3.29. The van der Waals surface area contributed by atoms with Crippen molar-refractivity contribution in [3.8, 4) is 5.75 Å². The predicted molar refractivity (Wildman–Crippen MR) is 71.6 cm³/mol. The summed E-state index contributed by atoms with van der Waals surface area (Å²) in [5.74, 6) is 0.875. The van der Waals surface area contributed by atoms with Crippen LogP contribution in [0.1, 0.15) is 17.5 Å². The second-order valence-electron chi connectivity index (χ2n) is 4.59. The van der Waals surface area contributed by atoms with Gasteiger partial charge in [0.15, 0.2) is 0 Å². The highest BCUT2D eigenvalue weighted by Gasteiger charge is 2.10. The summed E-state index contributed by atoms with van der Waals surface area (Å²) >= 11 is 0. The van der Waals surface area contributed by atoms with Gasteiger partial charge in [-0.3, -0.25) is 4.90 Å². The minimum atomic E-state index is 0.514. The average molecular weight is 250 g/mol. The van der Waals surface area contributed by atoms with Crippen molar-refractivity contribution in [2.24, 2.45) is 5.73 Å². The fraction of sp³-hybridized carbons (Fsp3) is 0.571. The Morgan fingerprint density at radius 2 is 2.22 bits per heavy atom. The number of methoxy groups -OCH3 is 1. The SMILES string of the molecule is COc1ccc(CN2CCCOCC2)cc1CN. The van der Waals surface area contributed by atoms with Gasteiger partial charge in [-0.2, -0.15) is 0 Å². The van der Waals surface area contributed by atoms with E-state index in [0.717, 1.165) is 50.6 Å². The van der Waals surface area contributed by atoms with E-state index in [0.29, 0.717) is 6.54 Å². The molecule has 2 N–H and O–H groups in total. The molecular weight excluding hydrogens is 228 g/mol. The molecule has 1 aromatic carbocycles. The molecule has 1 aliphatic rings. The first-order chi connectivity index (χ1) is 8.83. The molecule has 2 rings (SSSR count). The van der Waals surface area contributed by atoms with Crippen molar-refractivity contribution in [2.75, 3.05) is 33.4 Å². The molecule has 0 unspecified atom stereocenters. The first kappa shape index (κ1) is 13.3. The summed E-state index contributed by atoms with van der Waals surface area (Å²) in [6, 6.07) is 6.26. The molecule has 100 valence electrons. The molecule has 0 amide bonds. The van der Waals surface area contributed by atoms with Crippen LogP contribution in [0.4, 0.5) is 0 Å². The Morgan fingerprint density at radius 3 is 3.00 bits per heavy atom. The monoisotopic (exact) mass is 250 g/mol. The number of nitrogens with two attached hydrogens (primary N) is 1. The minimum Gasteiger partial charge on any atom is -0.496 e. The Hall–Kier alpha value is -1.10. The summed E-state index contributed by atoms with van der Waals surface area (Å²) in [4.78, 5) is 2.43. The quantitative estimate of drug-likeness (QED) is 0.877. The number of ether oxygens (including phenoxy) is 2. The fourth-order valence-electron chi connectivity index (χ4n) is 2.30. The summed E-state index contributed by atoms with van der Waals surface area (Å²) in [7, 11) is 1.68. The number of benzene rings is 1. The standard InChI is InChI=1S/C14H22N2O2/c1-17-14-4-3-12(9-13(14)10-15)11-16-5-2-7-18-8-6-16/h3-4,9H,2,5-8,10-11,15H2,1H3. The van der Waals surface area contributed by atoms with E-state index in [9.17, 15) is 0 Å². The second kappa shape index (κ2) is 6.73. The fourth-order valence-corrected chi connectivity index (χ4v) is 2.30. The number of hydrogen-bond acceptors (Lipinski definition) is 4. The lowest BCUT2D eigenvalue weighted by Gasteiger charge is -2.19. The molecule has 4 heteroatoms. The highest BCUT2D eigenvalue weighted by molar-refractivity contribution is 5.37. The van der Waals surface area contributed by atoms with Gasteiger partial charge in [0.05, 0.1) is 13.7 Å². The van der Waals surface area contributed by atoms with Gasteiger partial charge >= 0.3 is 0 Å². The van der Waals surface area contributed by atoms with Gasteiger partial charge in [0.25, 0.3) is 0 Å². The van der Waals surface area contributed by atoms with E-state index in [1.807, 2.05) is 6.07 Å². The first-order valence-corrected chi connectivity index (χ1v) is 6.49. The van der Waals surface area contributed by atoms with Crippen LogP contribution in [-0.4, -0.2) is 38.3 Å². The van der Waals surface area contributed by atoms with Gasteiger partial charge in [-0.05, 0) is 24.1 Å². The van der Waals surface area contributed by atoms with Crippen molar-refractivity contribution in [1.29, 1.82) is 0 Å². The minimum absolute atomic E-state index is 0.514. The predicted octanol–water partition coefficient (Wildman–Crippen LogP) is 1.38. The topological polar surface area (TPSA) is 47.7 Å². The smallest absolute Gasteiger partial charge is 0.123 e. The Morgan fingerprint density at radius 1 is 1.33 bits per heavy atom. The van der Waals surface area contributed by atoms with Crippen molar-refractivity contribution in [3.05, 3.63) is 29.3 Å². The van der Waals surface area contributed by atoms with Crippen LogP contribution in [-0.2, 0) is 17.8 Å². The van der Waals surface area contributed by atoms with Crippen LogP contribution >= 0.6 is 0 Å². The van der Waals surface area contributed by atoms with Crippen molar-refractivity contribution in [3.63, 3.8) is 0 Å². The molecule has 1 aromatic rings. The molecule has 1 heterocycles. The van der Waals surface area contributed by atoms with Crippen LogP contribution in [0.5, 0.6) is 5.75 Å². The van der Waals surface area contributed by atoms with Crippen molar-refractivity contribution in [2.45, 2.75) is 19.5 Å². The Labute approximate surface area is 109 Å². The second-order valence-corrected chi connectivity index (χ2v) is 4.59. The lowest BCUT2D eigenvalue weighted by Crippen LogP contribution is -2.25. The van der Waals surface area contributed by atoms with Crippen LogP contribution in [0, 0.1) is 0 Å². The van der Waals surface area contributed by atoms with E-state index >= 15 is 0 Å². The van der Waals surface area contributed by atoms with Crippen LogP contribution < -0.4 is 10.5 Å². The van der Waals surface area contributed by atoms with Gasteiger partial charge in [0.2, 0.25) is 0 Å². The lowest BCUT2D eigenvalue weighted by molar-refractivity contribution is 0.140. The zero-order valence-electron chi connectivity index (χ0n) is 11.0. The summed E-state index contributed by atoms with van der Waals surface area (Å²) < 4.78 is 10.7. The van der Waals surface area contributed by atoms with E-state index in [1.165, 1.54) is 5.56 Å². The molecule has 0 aromatic heterocycles. The van der Waals surface area contributed by atoms with Gasteiger partial charge < -0.3 is 15.2 Å². The molecular formula is C14H22N2O2. The average Bonchev–Trinajstić information content (AvgIpc) is 2.67. The van der Waals surface area contributed by atoms with E-state index in [4.69, 9.17) is 15.2 Å². The zero-order chi connectivity index (χ0) is 12.8. The van der Waals surface area contributed by atoms with Crippen molar-refractivity contribution in [1.82, 2.24) is 4.90 Å². The van der Waals surface area contributed by atoms with Gasteiger partial charge in [0.1, 0.15) is 5.75 Å². The molecule has 0 atom stereocenters. The molecule has 18 heavy (non-hydrogen) atoms. The summed E-state index contributed by atoms with van der Waals surface area (Å²) in [6.07, 6.45) is 1.11. The van der Waals surface area contributed by atoms with Gasteiger partial charge in [-0.1, -0.05) is 6.07 Å². The molecule has 0 radical (unpaired) electrons. The molecule has 0 aliphatic carbocycles. The normalized spacial score (nSPS) is 17.4. The summed E-state index contributed by atoms with van der Waals surface area (Å²) in [5.41, 5.74) is 8.10. The van der Waals surface area contributed by atoms with E-state index < -0.39 is 0 Å². The van der Waals surface area contributed by atoms with Crippen LogP contribution in [0.3, 0.4) is 0 Å². The Balaban J connectivity index is 2.03. The number of hydrogen-bond donors (Lipinski definition) is 1. The number of nitrogens with zero attached hydrogens (tertiary/aromatic N) is 1. The highest BCUT2D eigenvalue weighted by Crippen LogP contribution is 2.20. The molecule has 4 nitrogen and oxygen atoms in total. The summed E-state index contributed by atoms with van der Waals surface area (Å²) in [5, 5.41) is 0. The van der Waals surface area contributed by atoms with Crippen molar-refractivity contribution < 1.29 is 9.47 Å². The van der Waals surface area contributed by atoms with Gasteiger partial charge in [-0.15, -0.1) is 0 Å². The van der Waals surface area contributed by atoms with E-state index in [1.54, 1.807) is 7.11 Å².